The third-order valence-electron chi connectivity index (χ3n) is 3.11. The van der Waals surface area contributed by atoms with Crippen molar-refractivity contribution in [1.82, 2.24) is 10.5 Å². The van der Waals surface area contributed by atoms with Crippen LogP contribution in [0.5, 0.6) is 0 Å². The second kappa shape index (κ2) is 6.69. The lowest BCUT2D eigenvalue weighted by atomic mass is 10.0. The van der Waals surface area contributed by atoms with Crippen LogP contribution in [0.4, 0.5) is 0 Å². The summed E-state index contributed by atoms with van der Waals surface area (Å²) in [6, 6.07) is 8.85. The molecule has 0 radical (unpaired) electrons. The van der Waals surface area contributed by atoms with E-state index in [2.05, 4.69) is 10.5 Å². The number of amides is 1. The molecule has 6 heteroatoms. The van der Waals surface area contributed by atoms with E-state index in [1.807, 2.05) is 30.3 Å². The van der Waals surface area contributed by atoms with Gasteiger partial charge in [-0.15, -0.1) is 0 Å². The smallest absolute Gasteiger partial charge is 0.303 e. The van der Waals surface area contributed by atoms with Crippen LogP contribution in [0, 0.1) is 6.92 Å². The van der Waals surface area contributed by atoms with E-state index in [4.69, 9.17) is 9.63 Å². The summed E-state index contributed by atoms with van der Waals surface area (Å²) in [4.78, 5) is 22.9. The number of nitrogens with one attached hydrogen (secondary N) is 1. The minimum Gasteiger partial charge on any atom is -0.481 e. The topological polar surface area (TPSA) is 92.4 Å². The number of carboxylic acid groups (broad SMARTS) is 1. The van der Waals surface area contributed by atoms with Gasteiger partial charge in [0.05, 0.1) is 12.2 Å². The lowest BCUT2D eigenvalue weighted by Gasteiger charge is -2.17. The second-order valence-electron chi connectivity index (χ2n) is 4.71. The summed E-state index contributed by atoms with van der Waals surface area (Å²) in [5.41, 5.74) is 1.49. The number of hydrogen-bond donors (Lipinski definition) is 2. The predicted molar refractivity (Wildman–Crippen MR) is 74.8 cm³/mol. The first-order valence-electron chi connectivity index (χ1n) is 6.57. The Labute approximate surface area is 121 Å². The summed E-state index contributed by atoms with van der Waals surface area (Å²) in [5.74, 6) is -1.16. The van der Waals surface area contributed by atoms with Crippen molar-refractivity contribution >= 4 is 11.9 Å². The molecule has 21 heavy (non-hydrogen) atoms. The molecule has 1 aromatic carbocycles. The van der Waals surface area contributed by atoms with Crippen LogP contribution in [-0.4, -0.2) is 22.1 Å². The quantitative estimate of drug-likeness (QED) is 0.851. The van der Waals surface area contributed by atoms with Crippen molar-refractivity contribution in [2.75, 3.05) is 0 Å². The summed E-state index contributed by atoms with van der Waals surface area (Å²) in [7, 11) is 0. The van der Waals surface area contributed by atoms with E-state index in [0.717, 1.165) is 5.56 Å². The summed E-state index contributed by atoms with van der Waals surface area (Å²) in [6.07, 6.45) is 1.73. The minimum absolute atomic E-state index is 0.0325. The number of nitrogens with zero attached hydrogens (tertiary/aromatic N) is 1. The first-order valence-corrected chi connectivity index (χ1v) is 6.57. The lowest BCUT2D eigenvalue weighted by molar-refractivity contribution is -0.137. The number of aliphatic carboxylic acids is 1. The van der Waals surface area contributed by atoms with Crippen molar-refractivity contribution in [3.8, 4) is 0 Å². The molecule has 0 saturated carbocycles. The molecule has 0 fully saturated rings. The highest BCUT2D eigenvalue weighted by Gasteiger charge is 2.20. The standard InChI is InChI=1S/C15H16N2O4/c1-10-9-16-21-14(10)15(20)17-12(7-8-13(18)19)11-5-3-2-4-6-11/h2-6,9,12H,7-8H2,1H3,(H,17,20)(H,18,19). The minimum atomic E-state index is -0.902. The zero-order valence-corrected chi connectivity index (χ0v) is 11.6. The monoisotopic (exact) mass is 288 g/mol. The molecule has 2 aromatic rings. The molecule has 2 rings (SSSR count). The fourth-order valence-corrected chi connectivity index (χ4v) is 2.01. The zero-order chi connectivity index (χ0) is 15.2. The first-order chi connectivity index (χ1) is 10.1. The van der Waals surface area contributed by atoms with Gasteiger partial charge in [-0.3, -0.25) is 9.59 Å². The number of carbonyl (C=O) groups excluding carboxylic acids is 1. The van der Waals surface area contributed by atoms with Gasteiger partial charge in [-0.2, -0.15) is 0 Å². The molecule has 1 heterocycles. The average molecular weight is 288 g/mol. The molecule has 0 bridgehead atoms. The number of hydrogen-bond acceptors (Lipinski definition) is 4. The van der Waals surface area contributed by atoms with Crippen LogP contribution >= 0.6 is 0 Å². The number of aromatic nitrogens is 1. The molecular weight excluding hydrogens is 272 g/mol. The van der Waals surface area contributed by atoms with Gasteiger partial charge < -0.3 is 14.9 Å². The highest BCUT2D eigenvalue weighted by molar-refractivity contribution is 5.92. The number of benzene rings is 1. The van der Waals surface area contributed by atoms with Gasteiger partial charge in [-0.25, -0.2) is 0 Å². The second-order valence-corrected chi connectivity index (χ2v) is 4.71. The Morgan fingerprint density at radius 1 is 1.33 bits per heavy atom. The van der Waals surface area contributed by atoms with E-state index in [-0.39, 0.29) is 18.2 Å². The summed E-state index contributed by atoms with van der Waals surface area (Å²) in [5, 5.41) is 15.2. The van der Waals surface area contributed by atoms with E-state index in [1.54, 1.807) is 6.92 Å². The van der Waals surface area contributed by atoms with Gasteiger partial charge in [0.2, 0.25) is 5.76 Å². The van der Waals surface area contributed by atoms with Crippen LogP contribution in [-0.2, 0) is 4.79 Å². The molecule has 1 atom stereocenters. The van der Waals surface area contributed by atoms with Crippen molar-refractivity contribution in [1.29, 1.82) is 0 Å². The molecule has 2 N–H and O–H groups in total. The Bertz CT molecular complexity index is 622. The number of carbonyl (C=O) groups is 2. The Hall–Kier alpha value is -2.63. The molecule has 0 spiro atoms. The van der Waals surface area contributed by atoms with E-state index in [9.17, 15) is 9.59 Å². The Morgan fingerprint density at radius 3 is 2.62 bits per heavy atom. The van der Waals surface area contributed by atoms with Crippen LogP contribution in [0.25, 0.3) is 0 Å². The van der Waals surface area contributed by atoms with Crippen molar-refractivity contribution in [3.63, 3.8) is 0 Å². The maximum Gasteiger partial charge on any atom is 0.303 e. The molecule has 0 aliphatic heterocycles. The Balaban J connectivity index is 2.14. The zero-order valence-electron chi connectivity index (χ0n) is 11.6. The fraction of sp³-hybridized carbons (Fsp3) is 0.267. The Morgan fingerprint density at radius 2 is 2.05 bits per heavy atom. The van der Waals surface area contributed by atoms with Crippen LogP contribution in [0.15, 0.2) is 41.1 Å². The highest BCUT2D eigenvalue weighted by Crippen LogP contribution is 2.19. The van der Waals surface area contributed by atoms with Gasteiger partial charge >= 0.3 is 5.97 Å². The van der Waals surface area contributed by atoms with Crippen molar-refractivity contribution < 1.29 is 19.2 Å². The van der Waals surface area contributed by atoms with Crippen LogP contribution < -0.4 is 5.32 Å². The normalized spacial score (nSPS) is 11.9. The van der Waals surface area contributed by atoms with E-state index in [1.165, 1.54) is 6.20 Å². The number of aryl methyl sites for hydroxylation is 1. The maximum absolute atomic E-state index is 12.2. The predicted octanol–water partition coefficient (Wildman–Crippen LogP) is 2.32. The number of rotatable bonds is 6. The first kappa shape index (κ1) is 14.8. The molecule has 0 aliphatic carbocycles. The summed E-state index contributed by atoms with van der Waals surface area (Å²) < 4.78 is 4.91. The van der Waals surface area contributed by atoms with Crippen molar-refractivity contribution in [3.05, 3.63) is 53.4 Å². The SMILES string of the molecule is Cc1cnoc1C(=O)NC(CCC(=O)O)c1ccccc1. The van der Waals surface area contributed by atoms with Crippen LogP contribution in [0.1, 0.15) is 40.6 Å². The van der Waals surface area contributed by atoms with Gasteiger partial charge in [-0.05, 0) is 18.9 Å². The maximum atomic E-state index is 12.2. The summed E-state index contributed by atoms with van der Waals surface area (Å²) in [6.45, 7) is 1.72. The number of carboxylic acids is 1. The third-order valence-corrected chi connectivity index (χ3v) is 3.11. The Kier molecular flexibility index (Phi) is 4.71. The third kappa shape index (κ3) is 3.92. The van der Waals surface area contributed by atoms with Crippen molar-refractivity contribution in [2.24, 2.45) is 0 Å². The molecular formula is C15H16N2O4. The average Bonchev–Trinajstić information content (AvgIpc) is 2.90. The van der Waals surface area contributed by atoms with Gasteiger partial charge in [0.25, 0.3) is 5.91 Å². The van der Waals surface area contributed by atoms with Crippen LogP contribution in [0.3, 0.4) is 0 Å². The van der Waals surface area contributed by atoms with Gasteiger partial charge in [-0.1, -0.05) is 35.5 Å². The van der Waals surface area contributed by atoms with E-state index < -0.39 is 11.9 Å². The van der Waals surface area contributed by atoms with Crippen molar-refractivity contribution in [2.45, 2.75) is 25.8 Å². The fourth-order valence-electron chi connectivity index (χ4n) is 2.01. The molecule has 0 aliphatic rings. The van der Waals surface area contributed by atoms with E-state index >= 15 is 0 Å². The van der Waals surface area contributed by atoms with Gasteiger partial charge in [0, 0.05) is 12.0 Å². The molecule has 110 valence electrons. The van der Waals surface area contributed by atoms with E-state index in [0.29, 0.717) is 12.0 Å². The molecule has 1 amide bonds. The lowest BCUT2D eigenvalue weighted by Crippen LogP contribution is -2.29. The highest BCUT2D eigenvalue weighted by atomic mass is 16.5. The molecule has 1 aromatic heterocycles. The van der Waals surface area contributed by atoms with Gasteiger partial charge in [0.1, 0.15) is 0 Å². The molecule has 0 saturated heterocycles. The molecule has 1 unspecified atom stereocenters. The largest absolute Gasteiger partial charge is 0.481 e. The summed E-state index contributed by atoms with van der Waals surface area (Å²) >= 11 is 0. The molecule has 6 nitrogen and oxygen atoms in total. The van der Waals surface area contributed by atoms with Gasteiger partial charge in [0.15, 0.2) is 0 Å². The van der Waals surface area contributed by atoms with Crippen LogP contribution in [0.2, 0.25) is 0 Å².